The smallest absolute Gasteiger partial charge is 0.158 e. The second-order valence-corrected chi connectivity index (χ2v) is 4.42. The van der Waals surface area contributed by atoms with E-state index >= 15 is 0 Å². The van der Waals surface area contributed by atoms with E-state index in [1.54, 1.807) is 19.4 Å². The van der Waals surface area contributed by atoms with Crippen LogP contribution in [0.5, 0.6) is 0 Å². The molecule has 8 nitrogen and oxygen atoms in total. The van der Waals surface area contributed by atoms with Gasteiger partial charge in [0, 0.05) is 39.7 Å². The molecule has 0 spiro atoms. The van der Waals surface area contributed by atoms with Crippen LogP contribution in [0.4, 0.5) is 11.6 Å². The maximum absolute atomic E-state index is 5.43. The fraction of sp³-hybridized carbons (Fsp3) is 0.417. The molecule has 3 N–H and O–H groups in total. The number of nitrogen functional groups attached to an aromatic ring is 1. The van der Waals surface area contributed by atoms with Gasteiger partial charge in [-0.3, -0.25) is 0 Å². The number of methoxy groups -OCH3 is 1. The van der Waals surface area contributed by atoms with Crippen LogP contribution in [0.25, 0.3) is 0 Å². The summed E-state index contributed by atoms with van der Waals surface area (Å²) in [5, 5.41) is 0. The molecule has 2 heterocycles. The first-order valence-electron chi connectivity index (χ1n) is 6.15. The lowest BCUT2D eigenvalue weighted by Crippen LogP contribution is -2.22. The Morgan fingerprint density at radius 3 is 2.85 bits per heavy atom. The molecule has 0 fully saturated rings. The van der Waals surface area contributed by atoms with Gasteiger partial charge in [-0.15, -0.1) is 0 Å². The predicted octanol–water partition coefficient (Wildman–Crippen LogP) is 0.278. The maximum atomic E-state index is 5.43. The summed E-state index contributed by atoms with van der Waals surface area (Å²) in [6.45, 7) is 0.968. The quantitative estimate of drug-likeness (QED) is 0.578. The molecule has 0 aromatic carbocycles. The first kappa shape index (κ1) is 14.2. The lowest BCUT2D eigenvalue weighted by molar-refractivity contribution is 0.178. The highest BCUT2D eigenvalue weighted by Crippen LogP contribution is 2.16. The van der Waals surface area contributed by atoms with Crippen LogP contribution in [-0.2, 0) is 24.9 Å². The fourth-order valence-corrected chi connectivity index (χ4v) is 1.79. The summed E-state index contributed by atoms with van der Waals surface area (Å²) in [4.78, 5) is 14.9. The van der Waals surface area contributed by atoms with E-state index in [1.807, 2.05) is 29.8 Å². The highest BCUT2D eigenvalue weighted by Gasteiger charge is 2.10. The van der Waals surface area contributed by atoms with Crippen molar-refractivity contribution >= 4 is 11.6 Å². The summed E-state index contributed by atoms with van der Waals surface area (Å²) in [6, 6.07) is 1.78. The first-order chi connectivity index (χ1) is 9.63. The number of aromatic nitrogens is 4. The van der Waals surface area contributed by atoms with Crippen molar-refractivity contribution in [2.24, 2.45) is 12.9 Å². The summed E-state index contributed by atoms with van der Waals surface area (Å²) in [6.07, 6.45) is 3.68. The molecule has 0 saturated carbocycles. The van der Waals surface area contributed by atoms with Crippen LogP contribution in [-0.4, -0.2) is 33.7 Å². The second kappa shape index (κ2) is 6.31. The van der Waals surface area contributed by atoms with E-state index < -0.39 is 0 Å². The number of aryl methyl sites for hydroxylation is 1. The average molecular weight is 277 g/mol. The highest BCUT2D eigenvalue weighted by atomic mass is 16.5. The second-order valence-electron chi connectivity index (χ2n) is 4.42. The van der Waals surface area contributed by atoms with Crippen molar-refractivity contribution in [3.05, 3.63) is 30.1 Å². The Bertz CT molecular complexity index is 569. The molecule has 0 bridgehead atoms. The number of hydrogen-bond acceptors (Lipinski definition) is 7. The Morgan fingerprint density at radius 1 is 1.45 bits per heavy atom. The number of hydrazine groups is 1. The number of nitrogens with two attached hydrogens (primary N) is 1. The van der Waals surface area contributed by atoms with Crippen molar-refractivity contribution in [2.75, 3.05) is 24.5 Å². The molecule has 0 unspecified atom stereocenters. The summed E-state index contributed by atoms with van der Waals surface area (Å²) < 4.78 is 7.03. The van der Waals surface area contributed by atoms with Crippen LogP contribution in [0.3, 0.4) is 0 Å². The van der Waals surface area contributed by atoms with Gasteiger partial charge < -0.3 is 19.6 Å². The topological polar surface area (TPSA) is 94.1 Å². The standard InChI is InChI=1S/C12H19N7O/c1-18-5-4-14-12(18)7-19(2)11-6-9(17-13)15-10(16-11)8-20-3/h4-6H,7-8,13H2,1-3H3,(H,15,16,17). The molecule has 2 aromatic rings. The van der Waals surface area contributed by atoms with Gasteiger partial charge in [-0.2, -0.15) is 0 Å². The molecule has 0 aliphatic heterocycles. The van der Waals surface area contributed by atoms with Crippen molar-refractivity contribution in [3.63, 3.8) is 0 Å². The third-order valence-electron chi connectivity index (χ3n) is 2.87. The van der Waals surface area contributed by atoms with Gasteiger partial charge in [-0.05, 0) is 0 Å². The fourth-order valence-electron chi connectivity index (χ4n) is 1.79. The van der Waals surface area contributed by atoms with E-state index in [4.69, 9.17) is 10.6 Å². The molecular weight excluding hydrogens is 258 g/mol. The van der Waals surface area contributed by atoms with Crippen molar-refractivity contribution in [1.82, 2.24) is 19.5 Å². The molecule has 0 radical (unpaired) electrons. The molecular formula is C12H19N7O. The number of nitrogens with zero attached hydrogens (tertiary/aromatic N) is 5. The predicted molar refractivity (Wildman–Crippen MR) is 75.9 cm³/mol. The first-order valence-corrected chi connectivity index (χ1v) is 6.15. The zero-order valence-corrected chi connectivity index (χ0v) is 11.9. The van der Waals surface area contributed by atoms with Crippen LogP contribution in [0, 0.1) is 0 Å². The van der Waals surface area contributed by atoms with E-state index in [9.17, 15) is 0 Å². The van der Waals surface area contributed by atoms with E-state index in [0.29, 0.717) is 24.8 Å². The molecule has 108 valence electrons. The molecule has 0 aliphatic carbocycles. The van der Waals surface area contributed by atoms with Crippen LogP contribution < -0.4 is 16.2 Å². The zero-order valence-electron chi connectivity index (χ0n) is 11.9. The molecule has 0 atom stereocenters. The lowest BCUT2D eigenvalue weighted by atomic mass is 10.4. The van der Waals surface area contributed by atoms with Crippen LogP contribution in [0.15, 0.2) is 18.5 Å². The number of anilines is 2. The summed E-state index contributed by atoms with van der Waals surface area (Å²) >= 11 is 0. The van der Waals surface area contributed by atoms with Gasteiger partial charge in [0.15, 0.2) is 5.82 Å². The monoisotopic (exact) mass is 277 g/mol. The van der Waals surface area contributed by atoms with Crippen LogP contribution in [0.1, 0.15) is 11.6 Å². The Morgan fingerprint density at radius 2 is 2.25 bits per heavy atom. The Kier molecular flexibility index (Phi) is 4.49. The molecule has 0 amide bonds. The zero-order chi connectivity index (χ0) is 14.5. The van der Waals surface area contributed by atoms with Crippen LogP contribution >= 0.6 is 0 Å². The minimum absolute atomic E-state index is 0.332. The third kappa shape index (κ3) is 3.22. The largest absolute Gasteiger partial charge is 0.377 e. The number of nitrogens with one attached hydrogen (secondary N) is 1. The molecule has 2 aromatic heterocycles. The van der Waals surface area contributed by atoms with E-state index in [2.05, 4.69) is 20.4 Å². The minimum Gasteiger partial charge on any atom is -0.377 e. The molecule has 2 rings (SSSR count). The average Bonchev–Trinajstić information content (AvgIpc) is 2.84. The van der Waals surface area contributed by atoms with Crippen LogP contribution in [0.2, 0.25) is 0 Å². The van der Waals surface area contributed by atoms with Crippen molar-refractivity contribution in [2.45, 2.75) is 13.2 Å². The van der Waals surface area contributed by atoms with E-state index in [-0.39, 0.29) is 0 Å². The van der Waals surface area contributed by atoms with Crippen molar-refractivity contribution < 1.29 is 4.74 Å². The maximum Gasteiger partial charge on any atom is 0.158 e. The normalized spacial score (nSPS) is 10.6. The van der Waals surface area contributed by atoms with Gasteiger partial charge in [0.1, 0.15) is 24.1 Å². The lowest BCUT2D eigenvalue weighted by Gasteiger charge is -2.19. The summed E-state index contributed by atoms with van der Waals surface area (Å²) in [5.74, 6) is 8.25. The van der Waals surface area contributed by atoms with Crippen molar-refractivity contribution in [3.8, 4) is 0 Å². The third-order valence-corrected chi connectivity index (χ3v) is 2.87. The van der Waals surface area contributed by atoms with Gasteiger partial charge in [-0.25, -0.2) is 20.8 Å². The van der Waals surface area contributed by atoms with Gasteiger partial charge in [-0.1, -0.05) is 0 Å². The van der Waals surface area contributed by atoms with Gasteiger partial charge >= 0.3 is 0 Å². The molecule has 0 saturated heterocycles. The van der Waals surface area contributed by atoms with E-state index in [1.165, 1.54) is 0 Å². The highest BCUT2D eigenvalue weighted by molar-refractivity contribution is 5.48. The number of imidazole rings is 1. The Balaban J connectivity index is 2.22. The minimum atomic E-state index is 0.332. The number of ether oxygens (including phenoxy) is 1. The van der Waals surface area contributed by atoms with E-state index in [0.717, 1.165) is 11.6 Å². The summed E-state index contributed by atoms with van der Waals surface area (Å²) in [7, 11) is 5.50. The molecule has 8 heteroatoms. The number of rotatable bonds is 6. The Labute approximate surface area is 117 Å². The van der Waals surface area contributed by atoms with Crippen molar-refractivity contribution in [1.29, 1.82) is 0 Å². The van der Waals surface area contributed by atoms with Gasteiger partial charge in [0.2, 0.25) is 0 Å². The summed E-state index contributed by atoms with van der Waals surface area (Å²) in [5.41, 5.74) is 2.54. The Hall–Kier alpha value is -2.19. The molecule has 20 heavy (non-hydrogen) atoms. The van der Waals surface area contributed by atoms with Gasteiger partial charge in [0.25, 0.3) is 0 Å². The SMILES string of the molecule is COCc1nc(NN)cc(N(C)Cc2nccn2C)n1. The number of hydrogen-bond donors (Lipinski definition) is 2. The molecule has 0 aliphatic rings. The van der Waals surface area contributed by atoms with Gasteiger partial charge in [0.05, 0.1) is 6.54 Å².